The number of benzene rings is 7. The molecule has 10 aromatic rings. The quantitative estimate of drug-likeness (QED) is 0.188. The maximum Gasteiger partial charge on any atom is 0.164 e. The molecular weight excluding hydrogens is 613 g/mol. The van der Waals surface area contributed by atoms with E-state index < -0.39 is 0 Å². The molecule has 50 heavy (non-hydrogen) atoms. The van der Waals surface area contributed by atoms with Gasteiger partial charge in [-0.25, -0.2) is 15.0 Å². The van der Waals surface area contributed by atoms with Gasteiger partial charge in [-0.3, -0.25) is 0 Å². The first-order valence-corrected chi connectivity index (χ1v) is 16.7. The zero-order valence-electron chi connectivity index (χ0n) is 26.9. The number of nitrogens with zero attached hydrogens (tertiary/aromatic N) is 4. The van der Waals surface area contributed by atoms with Crippen LogP contribution in [0.1, 0.15) is 0 Å². The normalized spacial score (nSPS) is 11.6. The van der Waals surface area contributed by atoms with E-state index in [1.165, 1.54) is 10.9 Å². The summed E-state index contributed by atoms with van der Waals surface area (Å²) < 4.78 is 9.12. The summed E-state index contributed by atoms with van der Waals surface area (Å²) in [6.45, 7) is 0. The fourth-order valence-electron chi connectivity index (χ4n) is 7.06. The number of hydrogen-bond donors (Lipinski definition) is 0. The van der Waals surface area contributed by atoms with Gasteiger partial charge in [0.2, 0.25) is 0 Å². The Balaban J connectivity index is 1.15. The monoisotopic (exact) mass is 640 g/mol. The van der Waals surface area contributed by atoms with Crippen molar-refractivity contribution in [1.82, 2.24) is 19.5 Å². The van der Waals surface area contributed by atoms with Crippen molar-refractivity contribution in [2.24, 2.45) is 0 Å². The average molecular weight is 641 g/mol. The summed E-state index contributed by atoms with van der Waals surface area (Å²) >= 11 is 0. The van der Waals surface area contributed by atoms with Crippen molar-refractivity contribution in [3.63, 3.8) is 0 Å². The summed E-state index contributed by atoms with van der Waals surface area (Å²) in [6.07, 6.45) is 0. The van der Waals surface area contributed by atoms with Crippen LogP contribution in [0.2, 0.25) is 0 Å². The first-order chi connectivity index (χ1) is 24.8. The van der Waals surface area contributed by atoms with Gasteiger partial charge in [-0.05, 0) is 47.5 Å². The standard InChI is InChI=1S/C45H28N4O/c1-4-12-29(13-5-1)30-20-22-32(23-21-30)44-46-43(31-14-6-2-7-15-31)47-45(48-44)33-24-25-36-38-27-26-37-35-18-10-11-19-39(35)49(34-16-8-3-9-17-34)41(37)42(38)50-40(36)28-33/h1-28H. The molecule has 0 saturated carbocycles. The molecule has 3 aromatic heterocycles. The first-order valence-electron chi connectivity index (χ1n) is 16.7. The van der Waals surface area contributed by atoms with Crippen molar-refractivity contribution in [1.29, 1.82) is 0 Å². The molecule has 0 aliphatic carbocycles. The van der Waals surface area contributed by atoms with Crippen LogP contribution in [0, 0.1) is 0 Å². The largest absolute Gasteiger partial charge is 0.454 e. The van der Waals surface area contributed by atoms with E-state index >= 15 is 0 Å². The third kappa shape index (κ3) is 4.60. The lowest BCUT2D eigenvalue weighted by molar-refractivity contribution is 0.671. The second kappa shape index (κ2) is 11.4. The van der Waals surface area contributed by atoms with E-state index in [1.807, 2.05) is 42.5 Å². The predicted molar refractivity (Wildman–Crippen MR) is 203 cm³/mol. The molecule has 0 aliphatic heterocycles. The maximum absolute atomic E-state index is 6.81. The molecule has 10 rings (SSSR count). The Kier molecular flexibility index (Phi) is 6.42. The Morgan fingerprint density at radius 3 is 1.60 bits per heavy atom. The topological polar surface area (TPSA) is 56.7 Å². The fourth-order valence-corrected chi connectivity index (χ4v) is 7.06. The van der Waals surface area contributed by atoms with Crippen molar-refractivity contribution >= 4 is 43.7 Å². The predicted octanol–water partition coefficient (Wildman–Crippen LogP) is 11.5. The molecule has 0 fully saturated rings. The van der Waals surface area contributed by atoms with Gasteiger partial charge in [-0.2, -0.15) is 0 Å². The van der Waals surface area contributed by atoms with Crippen LogP contribution in [0.15, 0.2) is 174 Å². The van der Waals surface area contributed by atoms with Crippen LogP contribution in [0.4, 0.5) is 0 Å². The molecule has 0 atom stereocenters. The highest BCUT2D eigenvalue weighted by atomic mass is 16.3. The van der Waals surface area contributed by atoms with Crippen molar-refractivity contribution in [2.45, 2.75) is 0 Å². The molecule has 0 bridgehead atoms. The lowest BCUT2D eigenvalue weighted by atomic mass is 10.0. The van der Waals surface area contributed by atoms with Gasteiger partial charge in [-0.15, -0.1) is 0 Å². The zero-order valence-corrected chi connectivity index (χ0v) is 26.9. The highest BCUT2D eigenvalue weighted by molar-refractivity contribution is 6.21. The minimum Gasteiger partial charge on any atom is -0.454 e. The second-order valence-electron chi connectivity index (χ2n) is 12.5. The molecule has 0 amide bonds. The summed E-state index contributed by atoms with van der Waals surface area (Å²) in [5.41, 5.74) is 9.95. The van der Waals surface area contributed by atoms with Crippen molar-refractivity contribution in [2.75, 3.05) is 0 Å². The number of hydrogen-bond acceptors (Lipinski definition) is 4. The Hall–Kier alpha value is -6.85. The highest BCUT2D eigenvalue weighted by Crippen LogP contribution is 2.41. The van der Waals surface area contributed by atoms with Crippen LogP contribution in [0.5, 0.6) is 0 Å². The van der Waals surface area contributed by atoms with Gasteiger partial charge in [0.1, 0.15) is 5.58 Å². The summed E-state index contributed by atoms with van der Waals surface area (Å²) in [4.78, 5) is 15.0. The van der Waals surface area contributed by atoms with Crippen LogP contribution >= 0.6 is 0 Å². The molecule has 0 radical (unpaired) electrons. The number of aromatic nitrogens is 4. The van der Waals surface area contributed by atoms with Gasteiger partial charge in [0, 0.05) is 43.9 Å². The molecule has 5 nitrogen and oxygen atoms in total. The minimum absolute atomic E-state index is 0.590. The molecule has 0 spiro atoms. The lowest BCUT2D eigenvalue weighted by Crippen LogP contribution is -2.00. The molecule has 5 heteroatoms. The molecule has 234 valence electrons. The molecule has 7 aromatic carbocycles. The average Bonchev–Trinajstić information content (AvgIpc) is 3.74. The molecule has 0 unspecified atom stereocenters. The van der Waals surface area contributed by atoms with Crippen molar-refractivity contribution in [3.05, 3.63) is 170 Å². The summed E-state index contributed by atoms with van der Waals surface area (Å²) in [5.74, 6) is 1.83. The zero-order chi connectivity index (χ0) is 33.0. The summed E-state index contributed by atoms with van der Waals surface area (Å²) in [7, 11) is 0. The van der Waals surface area contributed by atoms with Crippen molar-refractivity contribution < 1.29 is 4.42 Å². The first kappa shape index (κ1) is 28.2. The van der Waals surface area contributed by atoms with E-state index in [0.29, 0.717) is 17.5 Å². The maximum atomic E-state index is 6.81. The molecule has 0 N–H and O–H groups in total. The van der Waals surface area contributed by atoms with E-state index in [0.717, 1.165) is 66.3 Å². The molecule has 0 aliphatic rings. The highest BCUT2D eigenvalue weighted by Gasteiger charge is 2.20. The fraction of sp³-hybridized carbons (Fsp3) is 0. The molecule has 3 heterocycles. The van der Waals surface area contributed by atoms with Crippen LogP contribution in [0.25, 0.3) is 94.7 Å². The van der Waals surface area contributed by atoms with E-state index in [1.54, 1.807) is 0 Å². The summed E-state index contributed by atoms with van der Waals surface area (Å²) in [6, 6.07) is 58.5. The molecule has 0 saturated heterocycles. The van der Waals surface area contributed by atoms with Gasteiger partial charge in [0.05, 0.1) is 11.0 Å². The van der Waals surface area contributed by atoms with E-state index in [4.69, 9.17) is 19.4 Å². The smallest absolute Gasteiger partial charge is 0.164 e. The van der Waals surface area contributed by atoms with Gasteiger partial charge in [0.15, 0.2) is 23.1 Å². The third-order valence-corrected chi connectivity index (χ3v) is 9.46. The lowest BCUT2D eigenvalue weighted by Gasteiger charge is -2.09. The molecular formula is C45H28N4O. The second-order valence-corrected chi connectivity index (χ2v) is 12.5. The Morgan fingerprint density at radius 1 is 0.380 bits per heavy atom. The van der Waals surface area contributed by atoms with Crippen LogP contribution < -0.4 is 0 Å². The van der Waals surface area contributed by atoms with Gasteiger partial charge in [0.25, 0.3) is 0 Å². The third-order valence-electron chi connectivity index (χ3n) is 9.46. The minimum atomic E-state index is 0.590. The van der Waals surface area contributed by atoms with E-state index in [9.17, 15) is 0 Å². The number of furan rings is 1. The van der Waals surface area contributed by atoms with Crippen LogP contribution in [0.3, 0.4) is 0 Å². The van der Waals surface area contributed by atoms with Gasteiger partial charge >= 0.3 is 0 Å². The van der Waals surface area contributed by atoms with E-state index in [-0.39, 0.29) is 0 Å². The van der Waals surface area contributed by atoms with Crippen LogP contribution in [-0.2, 0) is 0 Å². The van der Waals surface area contributed by atoms with Gasteiger partial charge in [-0.1, -0.05) is 133 Å². The van der Waals surface area contributed by atoms with Gasteiger partial charge < -0.3 is 8.98 Å². The van der Waals surface area contributed by atoms with E-state index in [2.05, 4.69) is 132 Å². The number of rotatable bonds is 5. The summed E-state index contributed by atoms with van der Waals surface area (Å²) in [5, 5.41) is 4.46. The Bertz CT molecular complexity index is 2840. The van der Waals surface area contributed by atoms with Crippen LogP contribution in [-0.4, -0.2) is 19.5 Å². The number of fused-ring (bicyclic) bond motifs is 7. The van der Waals surface area contributed by atoms with Crippen molar-refractivity contribution in [3.8, 4) is 51.0 Å². The SMILES string of the molecule is c1ccc(-c2ccc(-c3nc(-c4ccccc4)nc(-c4ccc5c(c4)oc4c5ccc5c6ccccc6n(-c6ccccc6)c54)n3)cc2)cc1. The Labute approximate surface area is 287 Å². The Morgan fingerprint density at radius 2 is 0.880 bits per heavy atom. The number of para-hydroxylation sites is 2.